The molecule has 1 aromatic rings. The zero-order valence-electron chi connectivity index (χ0n) is 11.4. The second-order valence-electron chi connectivity index (χ2n) is 5.58. The smallest absolute Gasteiger partial charge is 0.254 e. The third-order valence-electron chi connectivity index (χ3n) is 3.62. The summed E-state index contributed by atoms with van der Waals surface area (Å²) in [5.74, 6) is -0.0209. The van der Waals surface area contributed by atoms with Gasteiger partial charge in [-0.05, 0) is 31.7 Å². The fraction of sp³-hybridized carbons (Fsp3) is 0.692. The maximum absolute atomic E-state index is 12.1. The van der Waals surface area contributed by atoms with Gasteiger partial charge in [0.1, 0.15) is 0 Å². The van der Waals surface area contributed by atoms with Crippen molar-refractivity contribution < 1.29 is 4.79 Å². The maximum Gasteiger partial charge on any atom is 0.254 e. The molecule has 0 aliphatic carbocycles. The molecule has 1 aliphatic heterocycles. The minimum atomic E-state index is -0.0209. The number of carbonyl (C=O) groups excluding carboxylic acids is 1. The van der Waals surface area contributed by atoms with Gasteiger partial charge < -0.3 is 10.6 Å². The average molecular weight is 250 g/mol. The van der Waals surface area contributed by atoms with Gasteiger partial charge in [0, 0.05) is 26.3 Å². The van der Waals surface area contributed by atoms with Crippen LogP contribution in [0.15, 0.2) is 6.20 Å². The van der Waals surface area contributed by atoms with Crippen molar-refractivity contribution in [3.8, 4) is 0 Å². The molecule has 1 fully saturated rings. The van der Waals surface area contributed by atoms with Crippen LogP contribution in [-0.4, -0.2) is 35.3 Å². The molecule has 1 atom stereocenters. The Morgan fingerprint density at radius 1 is 1.67 bits per heavy atom. The lowest BCUT2D eigenvalue weighted by atomic mass is 9.83. The van der Waals surface area contributed by atoms with E-state index < -0.39 is 0 Å². The minimum absolute atomic E-state index is 0.0209. The molecule has 0 bridgehead atoms. The maximum atomic E-state index is 12.1. The molecular formula is C13H22N4O. The lowest BCUT2D eigenvalue weighted by molar-refractivity contribution is 0.0924. The monoisotopic (exact) mass is 250 g/mol. The number of carbonyl (C=O) groups is 1. The zero-order chi connectivity index (χ0) is 13.2. The summed E-state index contributed by atoms with van der Waals surface area (Å²) in [5, 5.41) is 10.6. The summed E-state index contributed by atoms with van der Waals surface area (Å²) in [6.45, 7) is 6.85. The SMILES string of the molecule is Cc1nn(C)cc1C(=O)NCC1(C)CCCNC1. The summed E-state index contributed by atoms with van der Waals surface area (Å²) in [6.07, 6.45) is 4.11. The van der Waals surface area contributed by atoms with Gasteiger partial charge in [0.15, 0.2) is 0 Å². The Labute approximate surface area is 108 Å². The van der Waals surface area contributed by atoms with Crippen LogP contribution in [-0.2, 0) is 7.05 Å². The fourth-order valence-electron chi connectivity index (χ4n) is 2.48. The lowest BCUT2D eigenvalue weighted by Crippen LogP contribution is -2.45. The Morgan fingerprint density at radius 3 is 3.00 bits per heavy atom. The molecule has 1 unspecified atom stereocenters. The van der Waals surface area contributed by atoms with Gasteiger partial charge in [0.2, 0.25) is 0 Å². The molecule has 0 saturated carbocycles. The van der Waals surface area contributed by atoms with Crippen LogP contribution in [0.1, 0.15) is 35.8 Å². The van der Waals surface area contributed by atoms with E-state index in [9.17, 15) is 4.79 Å². The summed E-state index contributed by atoms with van der Waals surface area (Å²) in [5.41, 5.74) is 1.62. The van der Waals surface area contributed by atoms with Gasteiger partial charge in [-0.2, -0.15) is 5.10 Å². The van der Waals surface area contributed by atoms with Crippen LogP contribution in [0.2, 0.25) is 0 Å². The lowest BCUT2D eigenvalue weighted by Gasteiger charge is -2.34. The highest BCUT2D eigenvalue weighted by Gasteiger charge is 2.27. The molecule has 5 heteroatoms. The van der Waals surface area contributed by atoms with Gasteiger partial charge in [-0.3, -0.25) is 9.48 Å². The molecule has 0 aromatic carbocycles. The number of aryl methyl sites for hydroxylation is 2. The van der Waals surface area contributed by atoms with Crippen LogP contribution in [0.4, 0.5) is 0 Å². The van der Waals surface area contributed by atoms with E-state index in [-0.39, 0.29) is 11.3 Å². The van der Waals surface area contributed by atoms with Gasteiger partial charge in [0.25, 0.3) is 5.91 Å². The molecule has 100 valence electrons. The molecule has 0 radical (unpaired) electrons. The van der Waals surface area contributed by atoms with E-state index in [1.54, 1.807) is 10.9 Å². The number of nitrogens with one attached hydrogen (secondary N) is 2. The number of rotatable bonds is 3. The van der Waals surface area contributed by atoms with Crippen molar-refractivity contribution in [3.05, 3.63) is 17.5 Å². The van der Waals surface area contributed by atoms with E-state index in [1.807, 2.05) is 14.0 Å². The van der Waals surface area contributed by atoms with Crippen LogP contribution >= 0.6 is 0 Å². The molecule has 2 heterocycles. The standard InChI is InChI=1S/C13H22N4O/c1-10-11(7-17(3)16-10)12(18)15-9-13(2)5-4-6-14-8-13/h7,14H,4-6,8-9H2,1-3H3,(H,15,18). The number of hydrogen-bond acceptors (Lipinski definition) is 3. The van der Waals surface area contributed by atoms with Crippen LogP contribution in [0.5, 0.6) is 0 Å². The Hall–Kier alpha value is -1.36. The largest absolute Gasteiger partial charge is 0.351 e. The van der Waals surface area contributed by atoms with Gasteiger partial charge >= 0.3 is 0 Å². The molecule has 0 spiro atoms. The Morgan fingerprint density at radius 2 is 2.44 bits per heavy atom. The van der Waals surface area contributed by atoms with E-state index >= 15 is 0 Å². The zero-order valence-corrected chi connectivity index (χ0v) is 11.4. The molecule has 1 amide bonds. The number of aromatic nitrogens is 2. The third-order valence-corrected chi connectivity index (χ3v) is 3.62. The van der Waals surface area contributed by atoms with Gasteiger partial charge in [0.05, 0.1) is 11.3 Å². The topological polar surface area (TPSA) is 59.0 Å². The highest BCUT2D eigenvalue weighted by molar-refractivity contribution is 5.95. The van der Waals surface area contributed by atoms with E-state index in [4.69, 9.17) is 0 Å². The number of piperidine rings is 1. The van der Waals surface area contributed by atoms with Crippen molar-refractivity contribution in [2.75, 3.05) is 19.6 Å². The number of nitrogens with zero attached hydrogens (tertiary/aromatic N) is 2. The van der Waals surface area contributed by atoms with E-state index in [1.165, 1.54) is 6.42 Å². The Kier molecular flexibility index (Phi) is 3.71. The summed E-state index contributed by atoms with van der Waals surface area (Å²) < 4.78 is 1.67. The van der Waals surface area contributed by atoms with Crippen LogP contribution < -0.4 is 10.6 Å². The quantitative estimate of drug-likeness (QED) is 0.836. The first-order valence-corrected chi connectivity index (χ1v) is 6.49. The molecular weight excluding hydrogens is 228 g/mol. The van der Waals surface area contributed by atoms with Crippen LogP contribution in [0.3, 0.4) is 0 Å². The van der Waals surface area contributed by atoms with Crippen LogP contribution in [0, 0.1) is 12.3 Å². The van der Waals surface area contributed by atoms with E-state index in [0.717, 1.165) is 25.2 Å². The van der Waals surface area contributed by atoms with Crippen molar-refractivity contribution in [2.24, 2.45) is 12.5 Å². The average Bonchev–Trinajstić information content (AvgIpc) is 2.67. The van der Waals surface area contributed by atoms with Crippen molar-refractivity contribution in [1.82, 2.24) is 20.4 Å². The number of amides is 1. The van der Waals surface area contributed by atoms with Crippen LogP contribution in [0.25, 0.3) is 0 Å². The number of hydrogen-bond donors (Lipinski definition) is 2. The Balaban J connectivity index is 1.94. The Bertz CT molecular complexity index is 432. The first-order chi connectivity index (χ1) is 8.50. The van der Waals surface area contributed by atoms with E-state index in [2.05, 4.69) is 22.7 Å². The van der Waals surface area contributed by atoms with E-state index in [0.29, 0.717) is 12.1 Å². The summed E-state index contributed by atoms with van der Waals surface area (Å²) in [6, 6.07) is 0. The summed E-state index contributed by atoms with van der Waals surface area (Å²) in [7, 11) is 1.83. The molecule has 1 aliphatic rings. The second kappa shape index (κ2) is 5.10. The highest BCUT2D eigenvalue weighted by atomic mass is 16.1. The summed E-state index contributed by atoms with van der Waals surface area (Å²) >= 11 is 0. The predicted molar refractivity (Wildman–Crippen MR) is 70.5 cm³/mol. The summed E-state index contributed by atoms with van der Waals surface area (Å²) in [4.78, 5) is 12.1. The van der Waals surface area contributed by atoms with Gasteiger partial charge in [-0.15, -0.1) is 0 Å². The minimum Gasteiger partial charge on any atom is -0.351 e. The van der Waals surface area contributed by atoms with Crippen molar-refractivity contribution in [2.45, 2.75) is 26.7 Å². The van der Waals surface area contributed by atoms with Crippen molar-refractivity contribution in [3.63, 3.8) is 0 Å². The molecule has 2 N–H and O–H groups in total. The molecule has 2 rings (SSSR count). The third kappa shape index (κ3) is 2.90. The van der Waals surface area contributed by atoms with Crippen molar-refractivity contribution in [1.29, 1.82) is 0 Å². The molecule has 5 nitrogen and oxygen atoms in total. The predicted octanol–water partition coefficient (Wildman–Crippen LogP) is 0.848. The molecule has 1 aromatic heterocycles. The normalized spacial score (nSPS) is 23.9. The first kappa shape index (κ1) is 13.1. The first-order valence-electron chi connectivity index (χ1n) is 6.49. The molecule has 18 heavy (non-hydrogen) atoms. The fourth-order valence-corrected chi connectivity index (χ4v) is 2.48. The second-order valence-corrected chi connectivity index (χ2v) is 5.58. The highest BCUT2D eigenvalue weighted by Crippen LogP contribution is 2.24. The van der Waals surface area contributed by atoms with Gasteiger partial charge in [-0.25, -0.2) is 0 Å². The van der Waals surface area contributed by atoms with Gasteiger partial charge in [-0.1, -0.05) is 6.92 Å². The molecule has 1 saturated heterocycles. The van der Waals surface area contributed by atoms with Crippen molar-refractivity contribution >= 4 is 5.91 Å².